The predicted molar refractivity (Wildman–Crippen MR) is 71.5 cm³/mol. The molecule has 1 N–H and O–H groups in total. The minimum atomic E-state index is -0.248. The Hall–Kier alpha value is -1.63. The number of aryl methyl sites for hydroxylation is 3. The van der Waals surface area contributed by atoms with Crippen LogP contribution in [0, 0.1) is 13.8 Å². The number of carbonyl (C=O) groups excluding carboxylic acids is 1. The Labute approximate surface area is 113 Å². The Balaban J connectivity index is 2.27. The maximum Gasteiger partial charge on any atom is 0.277 e. The molecule has 7 heteroatoms. The van der Waals surface area contributed by atoms with Gasteiger partial charge in [0.05, 0.1) is 21.5 Å². The molecule has 0 aliphatic heterocycles. The summed E-state index contributed by atoms with van der Waals surface area (Å²) in [5.41, 5.74) is 2.74. The third kappa shape index (κ3) is 2.17. The van der Waals surface area contributed by atoms with Crippen molar-refractivity contribution in [2.45, 2.75) is 13.8 Å². The molecule has 0 aliphatic rings. The van der Waals surface area contributed by atoms with Gasteiger partial charge in [0.15, 0.2) is 5.69 Å². The van der Waals surface area contributed by atoms with E-state index in [0.29, 0.717) is 15.9 Å². The molecule has 0 fully saturated rings. The Bertz CT molecular complexity index is 613. The fourth-order valence-electron chi connectivity index (χ4n) is 1.63. The summed E-state index contributed by atoms with van der Waals surface area (Å²) in [5.74, 6) is -0.248. The number of carbonyl (C=O) groups is 1. The van der Waals surface area contributed by atoms with E-state index in [1.807, 2.05) is 20.9 Å². The Morgan fingerprint density at radius 2 is 2.00 bits per heavy atom. The zero-order chi connectivity index (χ0) is 13.4. The van der Waals surface area contributed by atoms with Gasteiger partial charge >= 0.3 is 0 Å². The molecule has 2 rings (SSSR count). The fourth-order valence-corrected chi connectivity index (χ4v) is 2.15. The van der Waals surface area contributed by atoms with Crippen LogP contribution < -0.4 is 5.32 Å². The topological polar surface area (TPSA) is 64.7 Å². The lowest BCUT2D eigenvalue weighted by Crippen LogP contribution is -2.13. The third-order valence-electron chi connectivity index (χ3n) is 2.74. The maximum absolute atomic E-state index is 12.1. The van der Waals surface area contributed by atoms with Crippen LogP contribution in [0.15, 0.2) is 10.7 Å². The van der Waals surface area contributed by atoms with Gasteiger partial charge in [-0.2, -0.15) is 10.2 Å². The third-order valence-corrected chi connectivity index (χ3v) is 3.69. The van der Waals surface area contributed by atoms with Gasteiger partial charge in [0.25, 0.3) is 5.91 Å². The van der Waals surface area contributed by atoms with E-state index in [4.69, 9.17) is 0 Å². The van der Waals surface area contributed by atoms with Gasteiger partial charge in [-0.05, 0) is 29.8 Å². The summed E-state index contributed by atoms with van der Waals surface area (Å²) in [6.07, 6.45) is 1.76. The molecule has 0 unspecified atom stereocenters. The lowest BCUT2D eigenvalue weighted by Gasteiger charge is -2.00. The summed E-state index contributed by atoms with van der Waals surface area (Å²) in [6.45, 7) is 3.73. The first-order valence-electron chi connectivity index (χ1n) is 5.41. The summed E-state index contributed by atoms with van der Waals surface area (Å²) in [4.78, 5) is 12.1. The molecule has 18 heavy (non-hydrogen) atoms. The first-order chi connectivity index (χ1) is 8.40. The van der Waals surface area contributed by atoms with Crippen molar-refractivity contribution in [1.29, 1.82) is 0 Å². The van der Waals surface area contributed by atoms with Crippen molar-refractivity contribution in [1.82, 2.24) is 19.6 Å². The molecule has 6 nitrogen and oxygen atoms in total. The van der Waals surface area contributed by atoms with Gasteiger partial charge in [-0.3, -0.25) is 14.2 Å². The molecule has 2 aromatic rings. The minimum Gasteiger partial charge on any atom is -0.318 e. The molecule has 0 spiro atoms. The number of nitrogens with one attached hydrogen (secondary N) is 1. The van der Waals surface area contributed by atoms with Crippen LogP contribution in [0.4, 0.5) is 5.69 Å². The van der Waals surface area contributed by atoms with E-state index >= 15 is 0 Å². The molecule has 0 atom stereocenters. The van der Waals surface area contributed by atoms with Crippen LogP contribution in [0.2, 0.25) is 0 Å². The molecule has 0 saturated heterocycles. The highest BCUT2D eigenvalue weighted by Crippen LogP contribution is 2.21. The van der Waals surface area contributed by atoms with Gasteiger partial charge in [0, 0.05) is 20.3 Å². The van der Waals surface area contributed by atoms with Crippen molar-refractivity contribution in [3.8, 4) is 0 Å². The molecular weight excluding hydrogens is 298 g/mol. The maximum atomic E-state index is 12.1. The van der Waals surface area contributed by atoms with Crippen LogP contribution in [0.1, 0.15) is 21.9 Å². The van der Waals surface area contributed by atoms with Crippen molar-refractivity contribution < 1.29 is 4.79 Å². The SMILES string of the molecule is Cc1nn(C)cc1NC(=O)c1nn(C)c(C)c1Br. The summed E-state index contributed by atoms with van der Waals surface area (Å²) < 4.78 is 4.03. The molecule has 1 amide bonds. The van der Waals surface area contributed by atoms with E-state index in [1.165, 1.54) is 0 Å². The lowest BCUT2D eigenvalue weighted by molar-refractivity contribution is 0.102. The van der Waals surface area contributed by atoms with Crippen molar-refractivity contribution in [3.63, 3.8) is 0 Å². The van der Waals surface area contributed by atoms with E-state index in [-0.39, 0.29) is 5.91 Å². The van der Waals surface area contributed by atoms with E-state index in [1.54, 1.807) is 22.6 Å². The Kier molecular flexibility index (Phi) is 3.25. The number of anilines is 1. The van der Waals surface area contributed by atoms with E-state index in [9.17, 15) is 4.79 Å². The average molecular weight is 312 g/mol. The van der Waals surface area contributed by atoms with E-state index in [2.05, 4.69) is 31.4 Å². The number of rotatable bonds is 2. The summed E-state index contributed by atoms with van der Waals surface area (Å²) in [7, 11) is 3.61. The van der Waals surface area contributed by atoms with Crippen LogP contribution >= 0.6 is 15.9 Å². The summed E-state index contributed by atoms with van der Waals surface area (Å²) >= 11 is 3.37. The summed E-state index contributed by atoms with van der Waals surface area (Å²) in [5, 5.41) is 11.1. The second kappa shape index (κ2) is 4.56. The predicted octanol–water partition coefficient (Wildman–Crippen LogP) is 1.79. The van der Waals surface area contributed by atoms with Crippen molar-refractivity contribution >= 4 is 27.5 Å². The van der Waals surface area contributed by atoms with Crippen molar-refractivity contribution in [3.05, 3.63) is 27.8 Å². The largest absolute Gasteiger partial charge is 0.318 e. The Morgan fingerprint density at radius 3 is 2.44 bits per heavy atom. The molecular formula is C11H14BrN5O. The van der Waals surface area contributed by atoms with Crippen molar-refractivity contribution in [2.24, 2.45) is 14.1 Å². The standard InChI is InChI=1S/C11H14BrN5O/c1-6-8(5-16(3)14-6)13-11(18)10-9(12)7(2)17(4)15-10/h5H,1-4H3,(H,13,18). The second-order valence-electron chi connectivity index (χ2n) is 4.13. The van der Waals surface area contributed by atoms with Gasteiger partial charge < -0.3 is 5.32 Å². The number of aromatic nitrogens is 4. The average Bonchev–Trinajstić information content (AvgIpc) is 2.73. The zero-order valence-electron chi connectivity index (χ0n) is 10.7. The normalized spacial score (nSPS) is 10.7. The second-order valence-corrected chi connectivity index (χ2v) is 4.92. The first kappa shape index (κ1) is 12.8. The quantitative estimate of drug-likeness (QED) is 0.919. The number of nitrogens with zero attached hydrogens (tertiary/aromatic N) is 4. The molecule has 0 radical (unpaired) electrons. The molecule has 96 valence electrons. The number of amides is 1. The molecule has 2 aromatic heterocycles. The van der Waals surface area contributed by atoms with Gasteiger partial charge in [-0.1, -0.05) is 0 Å². The van der Waals surface area contributed by atoms with Crippen LogP contribution in [-0.4, -0.2) is 25.5 Å². The van der Waals surface area contributed by atoms with E-state index < -0.39 is 0 Å². The molecule has 2 heterocycles. The molecule has 0 aromatic carbocycles. The minimum absolute atomic E-state index is 0.248. The first-order valence-corrected chi connectivity index (χ1v) is 6.20. The van der Waals surface area contributed by atoms with Crippen molar-refractivity contribution in [2.75, 3.05) is 5.32 Å². The zero-order valence-corrected chi connectivity index (χ0v) is 12.2. The molecule has 0 bridgehead atoms. The Morgan fingerprint density at radius 1 is 1.33 bits per heavy atom. The van der Waals surface area contributed by atoms with Crippen LogP contribution in [0.5, 0.6) is 0 Å². The van der Waals surface area contributed by atoms with Crippen LogP contribution in [0.25, 0.3) is 0 Å². The molecule has 0 aliphatic carbocycles. The van der Waals surface area contributed by atoms with Crippen LogP contribution in [0.3, 0.4) is 0 Å². The highest BCUT2D eigenvalue weighted by Gasteiger charge is 2.18. The number of halogens is 1. The highest BCUT2D eigenvalue weighted by molar-refractivity contribution is 9.10. The fraction of sp³-hybridized carbons (Fsp3) is 0.364. The summed E-state index contributed by atoms with van der Waals surface area (Å²) in [6, 6.07) is 0. The van der Waals surface area contributed by atoms with Gasteiger partial charge in [0.2, 0.25) is 0 Å². The smallest absolute Gasteiger partial charge is 0.277 e. The van der Waals surface area contributed by atoms with Crippen LogP contribution in [-0.2, 0) is 14.1 Å². The van der Waals surface area contributed by atoms with Gasteiger partial charge in [-0.15, -0.1) is 0 Å². The van der Waals surface area contributed by atoms with Gasteiger partial charge in [-0.25, -0.2) is 0 Å². The molecule has 0 saturated carbocycles. The number of hydrogen-bond acceptors (Lipinski definition) is 3. The monoisotopic (exact) mass is 311 g/mol. The van der Waals surface area contributed by atoms with Gasteiger partial charge in [0.1, 0.15) is 0 Å². The number of hydrogen-bond donors (Lipinski definition) is 1. The lowest BCUT2D eigenvalue weighted by atomic mass is 10.3. The highest BCUT2D eigenvalue weighted by atomic mass is 79.9. The van der Waals surface area contributed by atoms with E-state index in [0.717, 1.165) is 11.4 Å².